The number of aromatic nitrogens is 3. The number of hydrogen-bond acceptors (Lipinski definition) is 2. The Morgan fingerprint density at radius 3 is 2.30 bits per heavy atom. The summed E-state index contributed by atoms with van der Waals surface area (Å²) in [7, 11) is 1.54. The van der Waals surface area contributed by atoms with E-state index in [9.17, 15) is 4.39 Å². The molecule has 0 aliphatic rings. The highest BCUT2D eigenvalue weighted by Gasteiger charge is 2.08. The molecule has 0 fully saturated rings. The fourth-order valence-corrected chi connectivity index (χ4v) is 0.629. The van der Waals surface area contributed by atoms with Gasteiger partial charge in [-0.2, -0.15) is 14.5 Å². The van der Waals surface area contributed by atoms with E-state index in [1.54, 1.807) is 0 Å². The fourth-order valence-electron chi connectivity index (χ4n) is 0.629. The van der Waals surface area contributed by atoms with Gasteiger partial charge in [0.05, 0.1) is 0 Å². The van der Waals surface area contributed by atoms with Crippen LogP contribution in [0.1, 0.15) is 25.6 Å². The molecule has 10 heavy (non-hydrogen) atoms. The Morgan fingerprint density at radius 2 is 2.10 bits per heavy atom. The Labute approximate surface area is 58.9 Å². The van der Waals surface area contributed by atoms with Gasteiger partial charge in [-0.15, -0.1) is 0 Å². The summed E-state index contributed by atoms with van der Waals surface area (Å²) in [5.41, 5.74) is 0. The van der Waals surface area contributed by atoms with Gasteiger partial charge < -0.3 is 0 Å². The van der Waals surface area contributed by atoms with E-state index in [-0.39, 0.29) is 5.92 Å². The lowest BCUT2D eigenvalue weighted by Gasteiger charge is -1.92. The normalized spacial score (nSPS) is 10.9. The van der Waals surface area contributed by atoms with Crippen molar-refractivity contribution in [2.75, 3.05) is 0 Å². The van der Waals surface area contributed by atoms with Gasteiger partial charge in [-0.1, -0.05) is 13.8 Å². The number of aryl methyl sites for hydroxylation is 1. The van der Waals surface area contributed by atoms with Gasteiger partial charge in [-0.05, 0) is 0 Å². The highest BCUT2D eigenvalue weighted by atomic mass is 19.1. The molecule has 0 amide bonds. The highest BCUT2D eigenvalue weighted by Crippen LogP contribution is 2.07. The lowest BCUT2D eigenvalue weighted by Crippen LogP contribution is -1.95. The zero-order valence-electron chi connectivity index (χ0n) is 6.30. The summed E-state index contributed by atoms with van der Waals surface area (Å²) in [5, 5.41) is 3.84. The molecule has 56 valence electrons. The lowest BCUT2D eigenvalue weighted by atomic mass is 10.2. The Kier molecular flexibility index (Phi) is 1.70. The van der Waals surface area contributed by atoms with Crippen LogP contribution in [-0.2, 0) is 7.05 Å². The van der Waals surface area contributed by atoms with Gasteiger partial charge in [0.2, 0.25) is 0 Å². The highest BCUT2D eigenvalue weighted by molar-refractivity contribution is 4.88. The summed E-state index contributed by atoms with van der Waals surface area (Å²) >= 11 is 0. The second-order valence-electron chi connectivity index (χ2n) is 2.52. The SMILES string of the molecule is CC(C)c1nc(F)n(C)n1. The van der Waals surface area contributed by atoms with E-state index in [1.807, 2.05) is 13.8 Å². The van der Waals surface area contributed by atoms with Gasteiger partial charge in [-0.3, -0.25) is 0 Å². The molecule has 3 nitrogen and oxygen atoms in total. The minimum Gasteiger partial charge on any atom is -0.225 e. The van der Waals surface area contributed by atoms with Gasteiger partial charge in [0, 0.05) is 13.0 Å². The zero-order chi connectivity index (χ0) is 7.72. The van der Waals surface area contributed by atoms with Crippen molar-refractivity contribution < 1.29 is 4.39 Å². The molecule has 0 saturated carbocycles. The third kappa shape index (κ3) is 1.15. The average Bonchev–Trinajstić information content (AvgIpc) is 2.13. The summed E-state index contributed by atoms with van der Waals surface area (Å²) in [4.78, 5) is 3.59. The van der Waals surface area contributed by atoms with Gasteiger partial charge >= 0.3 is 6.08 Å². The molecule has 1 rings (SSSR count). The lowest BCUT2D eigenvalue weighted by molar-refractivity contribution is 0.477. The van der Waals surface area contributed by atoms with Crippen LogP contribution < -0.4 is 0 Å². The Hall–Kier alpha value is -0.930. The predicted molar refractivity (Wildman–Crippen MR) is 35.0 cm³/mol. The van der Waals surface area contributed by atoms with Crippen molar-refractivity contribution in [1.29, 1.82) is 0 Å². The first kappa shape index (κ1) is 7.18. The number of rotatable bonds is 1. The van der Waals surface area contributed by atoms with E-state index in [0.29, 0.717) is 5.82 Å². The minimum atomic E-state index is -0.524. The van der Waals surface area contributed by atoms with E-state index < -0.39 is 6.08 Å². The fraction of sp³-hybridized carbons (Fsp3) is 0.667. The molecule has 0 radical (unpaired) electrons. The summed E-state index contributed by atoms with van der Waals surface area (Å²) < 4.78 is 13.6. The molecule has 0 aliphatic heterocycles. The molecule has 0 bridgehead atoms. The first-order valence-electron chi connectivity index (χ1n) is 3.17. The van der Waals surface area contributed by atoms with Crippen LogP contribution in [0.2, 0.25) is 0 Å². The molecule has 0 N–H and O–H groups in total. The maximum Gasteiger partial charge on any atom is 0.307 e. The molecule has 0 unspecified atom stereocenters. The van der Waals surface area contributed by atoms with Gasteiger partial charge in [-0.25, -0.2) is 4.68 Å². The molecule has 0 spiro atoms. The van der Waals surface area contributed by atoms with E-state index in [4.69, 9.17) is 0 Å². The first-order chi connectivity index (χ1) is 4.61. The van der Waals surface area contributed by atoms with Crippen molar-refractivity contribution in [3.8, 4) is 0 Å². The molecular weight excluding hydrogens is 133 g/mol. The standard InChI is InChI=1S/C6H10FN3/c1-4(2)5-8-6(7)10(3)9-5/h4H,1-3H3. The van der Waals surface area contributed by atoms with Crippen LogP contribution in [0.5, 0.6) is 0 Å². The maximum atomic E-state index is 12.5. The van der Waals surface area contributed by atoms with Crippen LogP contribution in [-0.4, -0.2) is 14.8 Å². The number of hydrogen-bond donors (Lipinski definition) is 0. The van der Waals surface area contributed by atoms with E-state index in [2.05, 4.69) is 10.1 Å². The summed E-state index contributed by atoms with van der Waals surface area (Å²) in [6.45, 7) is 3.85. The largest absolute Gasteiger partial charge is 0.307 e. The molecule has 0 aromatic carbocycles. The molecule has 0 saturated heterocycles. The maximum absolute atomic E-state index is 12.5. The number of halogens is 1. The second-order valence-corrected chi connectivity index (χ2v) is 2.52. The second kappa shape index (κ2) is 2.36. The van der Waals surface area contributed by atoms with Crippen LogP contribution in [0.15, 0.2) is 0 Å². The van der Waals surface area contributed by atoms with E-state index in [0.717, 1.165) is 4.68 Å². The molecular formula is C6H10FN3. The Bertz CT molecular complexity index is 209. The van der Waals surface area contributed by atoms with E-state index in [1.165, 1.54) is 7.05 Å². The van der Waals surface area contributed by atoms with Crippen LogP contribution in [0.3, 0.4) is 0 Å². The quantitative estimate of drug-likeness (QED) is 0.589. The summed E-state index contributed by atoms with van der Waals surface area (Å²) in [6, 6.07) is 0. The Balaban J connectivity index is 2.98. The van der Waals surface area contributed by atoms with Crippen molar-refractivity contribution in [3.63, 3.8) is 0 Å². The molecule has 1 aromatic heterocycles. The van der Waals surface area contributed by atoms with Gasteiger partial charge in [0.1, 0.15) is 0 Å². The minimum absolute atomic E-state index is 0.190. The zero-order valence-corrected chi connectivity index (χ0v) is 6.30. The van der Waals surface area contributed by atoms with E-state index >= 15 is 0 Å². The van der Waals surface area contributed by atoms with Crippen molar-refractivity contribution >= 4 is 0 Å². The topological polar surface area (TPSA) is 30.7 Å². The van der Waals surface area contributed by atoms with Crippen LogP contribution in [0.4, 0.5) is 4.39 Å². The smallest absolute Gasteiger partial charge is 0.225 e. The monoisotopic (exact) mass is 143 g/mol. The van der Waals surface area contributed by atoms with Gasteiger partial charge in [0.25, 0.3) is 0 Å². The third-order valence-corrected chi connectivity index (χ3v) is 1.24. The average molecular weight is 143 g/mol. The number of nitrogens with zero attached hydrogens (tertiary/aromatic N) is 3. The molecule has 0 aliphatic carbocycles. The van der Waals surface area contributed by atoms with Crippen LogP contribution in [0.25, 0.3) is 0 Å². The molecule has 4 heteroatoms. The van der Waals surface area contributed by atoms with Crippen molar-refractivity contribution in [1.82, 2.24) is 14.8 Å². The molecule has 0 atom stereocenters. The first-order valence-corrected chi connectivity index (χ1v) is 3.17. The molecule has 1 heterocycles. The Morgan fingerprint density at radius 1 is 1.50 bits per heavy atom. The van der Waals surface area contributed by atoms with Crippen molar-refractivity contribution in [2.45, 2.75) is 19.8 Å². The summed E-state index contributed by atoms with van der Waals surface area (Å²) in [6.07, 6.45) is -0.524. The van der Waals surface area contributed by atoms with Gasteiger partial charge in [0.15, 0.2) is 5.82 Å². The summed E-state index contributed by atoms with van der Waals surface area (Å²) in [5.74, 6) is 0.746. The van der Waals surface area contributed by atoms with Crippen molar-refractivity contribution in [3.05, 3.63) is 11.9 Å². The van der Waals surface area contributed by atoms with Crippen LogP contribution in [0, 0.1) is 6.08 Å². The van der Waals surface area contributed by atoms with Crippen molar-refractivity contribution in [2.24, 2.45) is 7.05 Å². The molecule has 1 aromatic rings. The van der Waals surface area contributed by atoms with Crippen LogP contribution >= 0.6 is 0 Å². The predicted octanol–water partition coefficient (Wildman–Crippen LogP) is 1.08. The third-order valence-electron chi connectivity index (χ3n) is 1.24.